The number of aliphatic hydroxyl groups is 1. The third kappa shape index (κ3) is 1.46. The highest BCUT2D eigenvalue weighted by Gasteiger charge is 2.28. The summed E-state index contributed by atoms with van der Waals surface area (Å²) in [6, 6.07) is 0.123. The monoisotopic (exact) mass is 145 g/mol. The fraction of sp³-hybridized carbons (Fsp3) is 1.00. The molecule has 0 spiro atoms. The summed E-state index contributed by atoms with van der Waals surface area (Å²) in [5.74, 6) is 0.243. The van der Waals surface area contributed by atoms with Crippen molar-refractivity contribution in [2.24, 2.45) is 11.7 Å². The van der Waals surface area contributed by atoms with Gasteiger partial charge >= 0.3 is 0 Å². The summed E-state index contributed by atoms with van der Waals surface area (Å²) >= 11 is 0. The molecule has 0 unspecified atom stereocenters. The van der Waals surface area contributed by atoms with Gasteiger partial charge in [0.2, 0.25) is 0 Å². The van der Waals surface area contributed by atoms with Crippen molar-refractivity contribution in [2.45, 2.75) is 6.04 Å². The van der Waals surface area contributed by atoms with Crippen molar-refractivity contribution in [3.8, 4) is 0 Å². The number of hydrogen-bond donors (Lipinski definition) is 3. The lowest BCUT2D eigenvalue weighted by Gasteiger charge is -2.11. The molecule has 0 radical (unpaired) electrons. The number of aliphatic hydroxyl groups excluding tert-OH is 1. The van der Waals surface area contributed by atoms with E-state index >= 15 is 0 Å². The zero-order chi connectivity index (χ0) is 7.56. The van der Waals surface area contributed by atoms with Crippen molar-refractivity contribution in [1.82, 2.24) is 10.4 Å². The van der Waals surface area contributed by atoms with E-state index in [1.54, 1.807) is 0 Å². The van der Waals surface area contributed by atoms with Crippen LogP contribution in [-0.2, 0) is 0 Å². The van der Waals surface area contributed by atoms with Crippen molar-refractivity contribution < 1.29 is 5.11 Å². The van der Waals surface area contributed by atoms with Gasteiger partial charge in [0.1, 0.15) is 0 Å². The van der Waals surface area contributed by atoms with E-state index in [1.807, 2.05) is 12.1 Å². The summed E-state index contributed by atoms with van der Waals surface area (Å²) in [7, 11) is 1.87. The van der Waals surface area contributed by atoms with E-state index < -0.39 is 0 Å². The first-order valence-corrected chi connectivity index (χ1v) is 3.56. The van der Waals surface area contributed by atoms with E-state index in [9.17, 15) is 0 Å². The molecule has 1 aliphatic rings. The third-order valence-corrected chi connectivity index (χ3v) is 2.04. The maximum absolute atomic E-state index is 8.82. The fourth-order valence-electron chi connectivity index (χ4n) is 1.27. The lowest BCUT2D eigenvalue weighted by atomic mass is 10.1. The predicted octanol–water partition coefficient (Wildman–Crippen LogP) is -1.63. The minimum absolute atomic E-state index is 0.123. The second-order valence-electron chi connectivity index (χ2n) is 2.74. The topological polar surface area (TPSA) is 61.5 Å². The average Bonchev–Trinajstić information content (AvgIpc) is 2.30. The van der Waals surface area contributed by atoms with E-state index in [0.717, 1.165) is 13.1 Å². The first-order valence-electron chi connectivity index (χ1n) is 3.56. The zero-order valence-corrected chi connectivity index (χ0v) is 6.25. The van der Waals surface area contributed by atoms with E-state index in [4.69, 9.17) is 10.8 Å². The number of nitrogens with one attached hydrogen (secondary N) is 1. The van der Waals surface area contributed by atoms with Crippen molar-refractivity contribution >= 4 is 0 Å². The zero-order valence-electron chi connectivity index (χ0n) is 6.25. The SMILES string of the molecule is CNN1C[C@H](CO)[C@@H](N)C1. The molecule has 0 aromatic heterocycles. The highest BCUT2D eigenvalue weighted by Crippen LogP contribution is 2.11. The Morgan fingerprint density at radius 2 is 2.40 bits per heavy atom. The lowest BCUT2D eigenvalue weighted by molar-refractivity contribution is 0.201. The summed E-state index contributed by atoms with van der Waals surface area (Å²) in [5, 5.41) is 10.8. The number of hydrazine groups is 1. The summed E-state index contributed by atoms with van der Waals surface area (Å²) in [5.41, 5.74) is 8.71. The quantitative estimate of drug-likeness (QED) is 0.437. The number of rotatable bonds is 2. The Balaban J connectivity index is 2.36. The van der Waals surface area contributed by atoms with Crippen molar-refractivity contribution in [3.63, 3.8) is 0 Å². The van der Waals surface area contributed by atoms with E-state index in [0.29, 0.717) is 0 Å². The average molecular weight is 145 g/mol. The Hall–Kier alpha value is -0.160. The largest absolute Gasteiger partial charge is 0.396 e. The number of nitrogens with two attached hydrogens (primary N) is 1. The predicted molar refractivity (Wildman–Crippen MR) is 39.2 cm³/mol. The van der Waals surface area contributed by atoms with Crippen LogP contribution in [0.1, 0.15) is 0 Å². The van der Waals surface area contributed by atoms with Crippen molar-refractivity contribution in [3.05, 3.63) is 0 Å². The van der Waals surface area contributed by atoms with Crippen molar-refractivity contribution in [2.75, 3.05) is 26.7 Å². The minimum atomic E-state index is 0.123. The van der Waals surface area contributed by atoms with Crippen LogP contribution in [-0.4, -0.2) is 42.9 Å². The second-order valence-corrected chi connectivity index (χ2v) is 2.74. The Morgan fingerprint density at radius 3 is 2.70 bits per heavy atom. The van der Waals surface area contributed by atoms with Gasteiger partial charge in [-0.15, -0.1) is 0 Å². The molecule has 4 heteroatoms. The van der Waals surface area contributed by atoms with Crippen LogP contribution in [0.2, 0.25) is 0 Å². The first kappa shape index (κ1) is 7.94. The van der Waals surface area contributed by atoms with Crippen LogP contribution < -0.4 is 11.2 Å². The van der Waals surface area contributed by atoms with Gasteiger partial charge in [-0.1, -0.05) is 0 Å². The Kier molecular flexibility index (Phi) is 2.62. The van der Waals surface area contributed by atoms with Gasteiger partial charge in [-0.25, -0.2) is 5.01 Å². The molecule has 0 amide bonds. The standard InChI is InChI=1S/C6H15N3O/c1-8-9-2-5(4-10)6(7)3-9/h5-6,8,10H,2-4,7H2,1H3/t5-,6+/m1/s1. The summed E-state index contributed by atoms with van der Waals surface area (Å²) in [6.45, 7) is 1.88. The molecule has 4 N–H and O–H groups in total. The number of nitrogens with zero attached hydrogens (tertiary/aromatic N) is 1. The van der Waals surface area contributed by atoms with Gasteiger partial charge in [0.25, 0.3) is 0 Å². The molecule has 2 atom stereocenters. The van der Waals surface area contributed by atoms with Gasteiger partial charge < -0.3 is 10.8 Å². The van der Waals surface area contributed by atoms with Crippen molar-refractivity contribution in [1.29, 1.82) is 0 Å². The van der Waals surface area contributed by atoms with E-state index in [1.165, 1.54) is 0 Å². The lowest BCUT2D eigenvalue weighted by Crippen LogP contribution is -2.35. The maximum atomic E-state index is 8.82. The first-order chi connectivity index (χ1) is 4.77. The molecule has 1 aliphatic heterocycles. The van der Waals surface area contributed by atoms with Gasteiger partial charge in [0, 0.05) is 31.7 Å². The second kappa shape index (κ2) is 3.30. The molecule has 10 heavy (non-hydrogen) atoms. The van der Waals surface area contributed by atoms with Crippen LogP contribution in [0, 0.1) is 5.92 Å². The summed E-state index contributed by atoms with van der Waals surface area (Å²) in [6.07, 6.45) is 0. The van der Waals surface area contributed by atoms with Gasteiger partial charge in [-0.3, -0.25) is 5.43 Å². The Bertz CT molecular complexity index is 109. The molecule has 0 aromatic carbocycles. The summed E-state index contributed by atoms with van der Waals surface area (Å²) in [4.78, 5) is 0. The molecule has 0 aliphatic carbocycles. The fourth-order valence-corrected chi connectivity index (χ4v) is 1.27. The molecule has 1 heterocycles. The molecule has 60 valence electrons. The highest BCUT2D eigenvalue weighted by molar-refractivity contribution is 4.83. The number of hydrogen-bond acceptors (Lipinski definition) is 4. The van der Waals surface area contributed by atoms with Crippen LogP contribution >= 0.6 is 0 Å². The van der Waals surface area contributed by atoms with E-state index in [2.05, 4.69) is 5.43 Å². The minimum Gasteiger partial charge on any atom is -0.396 e. The molecule has 1 fully saturated rings. The molecule has 0 saturated carbocycles. The normalized spacial score (nSPS) is 35.1. The molecule has 1 saturated heterocycles. The van der Waals surface area contributed by atoms with Crippen LogP contribution in [0.25, 0.3) is 0 Å². The third-order valence-electron chi connectivity index (χ3n) is 2.04. The molecule has 0 bridgehead atoms. The molecular formula is C6H15N3O. The molecular weight excluding hydrogens is 130 g/mol. The highest BCUT2D eigenvalue weighted by atomic mass is 16.3. The van der Waals surface area contributed by atoms with Gasteiger partial charge in [0.05, 0.1) is 0 Å². The van der Waals surface area contributed by atoms with Gasteiger partial charge in [-0.05, 0) is 7.05 Å². The Morgan fingerprint density at radius 1 is 1.70 bits per heavy atom. The van der Waals surface area contributed by atoms with Crippen LogP contribution in [0.5, 0.6) is 0 Å². The van der Waals surface area contributed by atoms with Gasteiger partial charge in [0.15, 0.2) is 0 Å². The van der Waals surface area contributed by atoms with Crippen LogP contribution in [0.4, 0.5) is 0 Å². The van der Waals surface area contributed by atoms with Gasteiger partial charge in [-0.2, -0.15) is 0 Å². The summed E-state index contributed by atoms with van der Waals surface area (Å²) < 4.78 is 0. The maximum Gasteiger partial charge on any atom is 0.0487 e. The molecule has 1 rings (SSSR count). The smallest absolute Gasteiger partial charge is 0.0487 e. The molecule has 4 nitrogen and oxygen atoms in total. The van der Waals surface area contributed by atoms with E-state index in [-0.39, 0.29) is 18.6 Å². The Labute approximate surface area is 61.0 Å². The van der Waals surface area contributed by atoms with Crippen LogP contribution in [0.15, 0.2) is 0 Å². The van der Waals surface area contributed by atoms with Crippen LogP contribution in [0.3, 0.4) is 0 Å². The molecule has 0 aromatic rings.